The SMILES string of the molecule is O=C(CCc1ccc(C(=O)O)cc1)Nc1n[nH]c2ccccc12. The molecule has 0 aliphatic rings. The number of aromatic carboxylic acids is 1. The van der Waals surface area contributed by atoms with Crippen LogP contribution in [0.1, 0.15) is 22.3 Å². The Balaban J connectivity index is 1.60. The molecule has 3 aromatic rings. The first kappa shape index (κ1) is 14.8. The van der Waals surface area contributed by atoms with E-state index in [1.807, 2.05) is 24.3 Å². The fourth-order valence-electron chi connectivity index (χ4n) is 2.33. The summed E-state index contributed by atoms with van der Waals surface area (Å²) in [5.74, 6) is -0.573. The normalized spacial score (nSPS) is 10.6. The Morgan fingerprint density at radius 2 is 1.83 bits per heavy atom. The fraction of sp³-hybridized carbons (Fsp3) is 0.118. The lowest BCUT2D eigenvalue weighted by atomic mass is 10.1. The van der Waals surface area contributed by atoms with Gasteiger partial charge in [0, 0.05) is 11.8 Å². The summed E-state index contributed by atoms with van der Waals surface area (Å²) in [6.45, 7) is 0. The van der Waals surface area contributed by atoms with Crippen LogP contribution < -0.4 is 5.32 Å². The molecule has 0 unspecified atom stereocenters. The number of para-hydroxylation sites is 1. The van der Waals surface area contributed by atoms with Gasteiger partial charge >= 0.3 is 5.97 Å². The molecule has 0 aliphatic carbocycles. The summed E-state index contributed by atoms with van der Waals surface area (Å²) in [6, 6.07) is 14.1. The number of H-pyrrole nitrogens is 1. The van der Waals surface area contributed by atoms with Crippen molar-refractivity contribution in [1.29, 1.82) is 0 Å². The van der Waals surface area contributed by atoms with Crippen molar-refractivity contribution in [1.82, 2.24) is 10.2 Å². The zero-order valence-electron chi connectivity index (χ0n) is 12.2. The molecular formula is C17H15N3O3. The van der Waals surface area contributed by atoms with E-state index in [1.165, 1.54) is 12.1 Å². The molecule has 1 amide bonds. The molecule has 0 aliphatic heterocycles. The molecular weight excluding hydrogens is 294 g/mol. The van der Waals surface area contributed by atoms with Crippen LogP contribution in [0.3, 0.4) is 0 Å². The number of amides is 1. The number of rotatable bonds is 5. The second kappa shape index (κ2) is 6.31. The molecule has 0 saturated carbocycles. The molecule has 0 bridgehead atoms. The maximum Gasteiger partial charge on any atom is 0.335 e. The zero-order valence-corrected chi connectivity index (χ0v) is 12.2. The molecule has 0 saturated heterocycles. The van der Waals surface area contributed by atoms with Crippen LogP contribution in [-0.4, -0.2) is 27.2 Å². The molecule has 1 aromatic heterocycles. The lowest BCUT2D eigenvalue weighted by Crippen LogP contribution is -2.12. The Bertz CT molecular complexity index is 853. The number of carbonyl (C=O) groups is 2. The van der Waals surface area contributed by atoms with Crippen molar-refractivity contribution >= 4 is 28.6 Å². The molecule has 23 heavy (non-hydrogen) atoms. The van der Waals surface area contributed by atoms with E-state index in [1.54, 1.807) is 12.1 Å². The predicted octanol–water partition coefficient (Wildman–Crippen LogP) is 2.83. The van der Waals surface area contributed by atoms with Crippen LogP contribution in [-0.2, 0) is 11.2 Å². The van der Waals surface area contributed by atoms with Gasteiger partial charge in [0.1, 0.15) is 0 Å². The monoisotopic (exact) mass is 309 g/mol. The maximum atomic E-state index is 12.0. The van der Waals surface area contributed by atoms with Crippen LogP contribution in [0.5, 0.6) is 0 Å². The van der Waals surface area contributed by atoms with Gasteiger partial charge in [0.05, 0.1) is 11.1 Å². The van der Waals surface area contributed by atoms with Crippen LogP contribution in [0.25, 0.3) is 10.9 Å². The highest BCUT2D eigenvalue weighted by molar-refractivity contribution is 5.99. The van der Waals surface area contributed by atoms with Crippen LogP contribution in [0.2, 0.25) is 0 Å². The number of carboxylic acid groups (broad SMARTS) is 1. The van der Waals surface area contributed by atoms with Crippen molar-refractivity contribution in [2.75, 3.05) is 5.32 Å². The third kappa shape index (κ3) is 3.37. The first-order valence-electron chi connectivity index (χ1n) is 7.18. The van der Waals surface area contributed by atoms with Crippen LogP contribution in [0.4, 0.5) is 5.82 Å². The summed E-state index contributed by atoms with van der Waals surface area (Å²) in [5.41, 5.74) is 2.02. The molecule has 0 spiro atoms. The Morgan fingerprint density at radius 1 is 1.09 bits per heavy atom. The van der Waals surface area contributed by atoms with Gasteiger partial charge in [0.2, 0.25) is 5.91 Å². The number of hydrogen-bond acceptors (Lipinski definition) is 3. The molecule has 6 heteroatoms. The Labute approximate surface area is 132 Å². The van der Waals surface area contributed by atoms with E-state index in [0.717, 1.165) is 16.5 Å². The molecule has 116 valence electrons. The Kier molecular flexibility index (Phi) is 4.05. The van der Waals surface area contributed by atoms with Gasteiger partial charge in [0.25, 0.3) is 0 Å². The van der Waals surface area contributed by atoms with Crippen molar-refractivity contribution < 1.29 is 14.7 Å². The lowest BCUT2D eigenvalue weighted by molar-refractivity contribution is -0.116. The van der Waals surface area contributed by atoms with E-state index in [0.29, 0.717) is 18.7 Å². The quantitative estimate of drug-likeness (QED) is 0.675. The molecule has 2 aromatic carbocycles. The number of carbonyl (C=O) groups excluding carboxylic acids is 1. The van der Waals surface area contributed by atoms with Crippen molar-refractivity contribution in [3.05, 3.63) is 59.7 Å². The first-order valence-corrected chi connectivity index (χ1v) is 7.18. The average molecular weight is 309 g/mol. The average Bonchev–Trinajstić information content (AvgIpc) is 2.96. The van der Waals surface area contributed by atoms with E-state index in [2.05, 4.69) is 15.5 Å². The first-order chi connectivity index (χ1) is 11.1. The highest BCUT2D eigenvalue weighted by Gasteiger charge is 2.09. The highest BCUT2D eigenvalue weighted by atomic mass is 16.4. The van der Waals surface area contributed by atoms with E-state index in [9.17, 15) is 9.59 Å². The van der Waals surface area contributed by atoms with Gasteiger partial charge in [0.15, 0.2) is 5.82 Å². The smallest absolute Gasteiger partial charge is 0.335 e. The summed E-state index contributed by atoms with van der Waals surface area (Å²) in [5, 5.41) is 19.5. The van der Waals surface area contributed by atoms with Gasteiger partial charge in [-0.2, -0.15) is 5.10 Å². The van der Waals surface area contributed by atoms with E-state index in [-0.39, 0.29) is 11.5 Å². The molecule has 0 fully saturated rings. The Morgan fingerprint density at radius 3 is 2.57 bits per heavy atom. The number of anilines is 1. The van der Waals surface area contributed by atoms with Gasteiger partial charge in [-0.05, 0) is 36.2 Å². The molecule has 3 N–H and O–H groups in total. The summed E-state index contributed by atoms with van der Waals surface area (Å²) >= 11 is 0. The van der Waals surface area contributed by atoms with E-state index in [4.69, 9.17) is 5.11 Å². The molecule has 6 nitrogen and oxygen atoms in total. The minimum Gasteiger partial charge on any atom is -0.478 e. The van der Waals surface area contributed by atoms with Crippen molar-refractivity contribution in [3.8, 4) is 0 Å². The van der Waals surface area contributed by atoms with Crippen LogP contribution in [0.15, 0.2) is 48.5 Å². The van der Waals surface area contributed by atoms with E-state index >= 15 is 0 Å². The third-order valence-electron chi connectivity index (χ3n) is 3.57. The number of aromatic nitrogens is 2. The lowest BCUT2D eigenvalue weighted by Gasteiger charge is -2.04. The summed E-state index contributed by atoms with van der Waals surface area (Å²) in [6.07, 6.45) is 0.835. The Hall–Kier alpha value is -3.15. The standard InChI is InChI=1S/C17H15N3O3/c21-15(10-7-11-5-8-12(9-6-11)17(22)23)18-16-13-3-1-2-4-14(13)19-20-16/h1-6,8-9H,7,10H2,(H,22,23)(H2,18,19,20,21). The minimum absolute atomic E-state index is 0.135. The van der Waals surface area contributed by atoms with Crippen molar-refractivity contribution in [2.45, 2.75) is 12.8 Å². The second-order valence-electron chi connectivity index (χ2n) is 5.17. The molecule has 3 rings (SSSR count). The number of benzene rings is 2. The number of nitrogens with zero attached hydrogens (tertiary/aromatic N) is 1. The number of nitrogens with one attached hydrogen (secondary N) is 2. The van der Waals surface area contributed by atoms with Gasteiger partial charge in [-0.15, -0.1) is 0 Å². The van der Waals surface area contributed by atoms with Gasteiger partial charge < -0.3 is 10.4 Å². The van der Waals surface area contributed by atoms with Crippen molar-refractivity contribution in [2.24, 2.45) is 0 Å². The van der Waals surface area contributed by atoms with Crippen LogP contribution in [0, 0.1) is 0 Å². The van der Waals surface area contributed by atoms with Gasteiger partial charge in [-0.1, -0.05) is 24.3 Å². The maximum absolute atomic E-state index is 12.0. The number of carboxylic acids is 1. The summed E-state index contributed by atoms with van der Waals surface area (Å²) in [4.78, 5) is 22.8. The zero-order chi connectivity index (χ0) is 16.2. The molecule has 0 atom stereocenters. The topological polar surface area (TPSA) is 95.1 Å². The van der Waals surface area contributed by atoms with Crippen LogP contribution >= 0.6 is 0 Å². The minimum atomic E-state index is -0.959. The van der Waals surface area contributed by atoms with Gasteiger partial charge in [-0.3, -0.25) is 9.89 Å². The van der Waals surface area contributed by atoms with Crippen molar-refractivity contribution in [3.63, 3.8) is 0 Å². The number of aryl methyl sites for hydroxylation is 1. The summed E-state index contributed by atoms with van der Waals surface area (Å²) in [7, 11) is 0. The second-order valence-corrected chi connectivity index (χ2v) is 5.17. The fourth-order valence-corrected chi connectivity index (χ4v) is 2.33. The number of fused-ring (bicyclic) bond motifs is 1. The number of hydrogen-bond donors (Lipinski definition) is 3. The molecule has 1 heterocycles. The van der Waals surface area contributed by atoms with Gasteiger partial charge in [-0.25, -0.2) is 4.79 Å². The highest BCUT2D eigenvalue weighted by Crippen LogP contribution is 2.19. The summed E-state index contributed by atoms with van der Waals surface area (Å²) < 4.78 is 0. The number of aromatic amines is 1. The molecule has 0 radical (unpaired) electrons. The third-order valence-corrected chi connectivity index (χ3v) is 3.57. The van der Waals surface area contributed by atoms with E-state index < -0.39 is 5.97 Å². The largest absolute Gasteiger partial charge is 0.478 e. The predicted molar refractivity (Wildman–Crippen MR) is 86.4 cm³/mol.